The Balaban J connectivity index is 3.70. The summed E-state index contributed by atoms with van der Waals surface area (Å²) in [6.45, 7) is 5.65. The van der Waals surface area contributed by atoms with Gasteiger partial charge in [0.15, 0.2) is 0 Å². The van der Waals surface area contributed by atoms with E-state index in [1.165, 1.54) is 19.3 Å². The summed E-state index contributed by atoms with van der Waals surface area (Å²) in [5.74, 6) is -0.775. The van der Waals surface area contributed by atoms with Gasteiger partial charge in [0.2, 0.25) is 0 Å². The summed E-state index contributed by atoms with van der Waals surface area (Å²) >= 11 is 0. The number of allylic oxidation sites excluding steroid dienone is 1. The summed E-state index contributed by atoms with van der Waals surface area (Å²) in [7, 11) is 0. The van der Waals surface area contributed by atoms with Gasteiger partial charge in [-0.25, -0.2) is 0 Å². The van der Waals surface area contributed by atoms with Gasteiger partial charge in [-0.2, -0.15) is 5.26 Å². The molecule has 0 heterocycles. The SMILES string of the molecule is C=CCCCCCCCC(C)(C#N)CCCC(=O)O. The summed E-state index contributed by atoms with van der Waals surface area (Å²) in [4.78, 5) is 10.5. The standard InChI is InChI=1S/C16H27NO2/c1-3-4-5-6-7-8-9-12-16(2,14-17)13-10-11-15(18)19/h3H,1,4-13H2,2H3,(H,18,19). The van der Waals surface area contributed by atoms with Crippen LogP contribution in [0, 0.1) is 16.7 Å². The van der Waals surface area contributed by atoms with E-state index >= 15 is 0 Å². The van der Waals surface area contributed by atoms with Crippen LogP contribution in [-0.4, -0.2) is 11.1 Å². The van der Waals surface area contributed by atoms with Gasteiger partial charge in [-0.05, 0) is 39.0 Å². The summed E-state index contributed by atoms with van der Waals surface area (Å²) < 4.78 is 0. The Morgan fingerprint density at radius 3 is 2.37 bits per heavy atom. The van der Waals surface area contributed by atoms with Crippen molar-refractivity contribution in [2.75, 3.05) is 0 Å². The van der Waals surface area contributed by atoms with Crippen LogP contribution in [0.4, 0.5) is 0 Å². The van der Waals surface area contributed by atoms with Gasteiger partial charge in [0.25, 0.3) is 0 Å². The summed E-state index contributed by atoms with van der Waals surface area (Å²) in [6.07, 6.45) is 11.2. The third-order valence-electron chi connectivity index (χ3n) is 3.53. The van der Waals surface area contributed by atoms with Gasteiger partial charge in [-0.1, -0.05) is 31.8 Å². The van der Waals surface area contributed by atoms with Crippen molar-refractivity contribution >= 4 is 5.97 Å². The van der Waals surface area contributed by atoms with Crippen molar-refractivity contribution in [3.63, 3.8) is 0 Å². The lowest BCUT2D eigenvalue weighted by atomic mass is 9.81. The number of hydrogen-bond acceptors (Lipinski definition) is 2. The molecule has 0 aliphatic rings. The molecule has 0 bridgehead atoms. The molecule has 0 spiro atoms. The molecule has 0 amide bonds. The average molecular weight is 265 g/mol. The summed E-state index contributed by atoms with van der Waals surface area (Å²) in [5.41, 5.74) is -0.351. The molecule has 0 fully saturated rings. The van der Waals surface area contributed by atoms with Crippen LogP contribution in [0.15, 0.2) is 12.7 Å². The second kappa shape index (κ2) is 10.6. The molecule has 0 aromatic carbocycles. The molecule has 0 saturated heterocycles. The van der Waals surface area contributed by atoms with E-state index in [1.807, 2.05) is 13.0 Å². The van der Waals surface area contributed by atoms with E-state index in [9.17, 15) is 10.1 Å². The quantitative estimate of drug-likeness (QED) is 0.411. The highest BCUT2D eigenvalue weighted by atomic mass is 16.4. The van der Waals surface area contributed by atoms with E-state index in [0.717, 1.165) is 25.7 Å². The van der Waals surface area contributed by atoms with Crippen molar-refractivity contribution in [3.8, 4) is 6.07 Å². The topological polar surface area (TPSA) is 61.1 Å². The largest absolute Gasteiger partial charge is 0.481 e. The van der Waals surface area contributed by atoms with Crippen molar-refractivity contribution in [1.29, 1.82) is 5.26 Å². The van der Waals surface area contributed by atoms with Crippen LogP contribution in [0.5, 0.6) is 0 Å². The van der Waals surface area contributed by atoms with E-state index in [1.54, 1.807) is 0 Å². The fourth-order valence-corrected chi connectivity index (χ4v) is 2.20. The van der Waals surface area contributed by atoms with Crippen molar-refractivity contribution in [2.24, 2.45) is 5.41 Å². The molecule has 19 heavy (non-hydrogen) atoms. The van der Waals surface area contributed by atoms with E-state index < -0.39 is 5.97 Å². The lowest BCUT2D eigenvalue weighted by Crippen LogP contribution is -2.14. The Labute approximate surface area is 117 Å². The van der Waals surface area contributed by atoms with E-state index in [-0.39, 0.29) is 11.8 Å². The molecule has 0 aromatic rings. The van der Waals surface area contributed by atoms with Crippen LogP contribution in [0.25, 0.3) is 0 Å². The molecule has 0 rings (SSSR count). The Hall–Kier alpha value is -1.30. The van der Waals surface area contributed by atoms with Gasteiger partial charge < -0.3 is 5.11 Å². The number of hydrogen-bond donors (Lipinski definition) is 1. The number of carbonyl (C=O) groups is 1. The van der Waals surface area contributed by atoms with Crippen molar-refractivity contribution in [3.05, 3.63) is 12.7 Å². The van der Waals surface area contributed by atoms with Crippen LogP contribution in [0.2, 0.25) is 0 Å². The molecule has 108 valence electrons. The summed E-state index contributed by atoms with van der Waals surface area (Å²) in [5, 5.41) is 17.8. The molecule has 1 atom stereocenters. The van der Waals surface area contributed by atoms with Gasteiger partial charge in [-0.15, -0.1) is 6.58 Å². The molecule has 3 nitrogen and oxygen atoms in total. The molecule has 1 unspecified atom stereocenters. The second-order valence-corrected chi connectivity index (χ2v) is 5.51. The minimum atomic E-state index is -0.775. The van der Waals surface area contributed by atoms with Crippen molar-refractivity contribution < 1.29 is 9.90 Å². The Kier molecular flexibility index (Phi) is 9.88. The third kappa shape index (κ3) is 10.3. The molecular formula is C16H27NO2. The van der Waals surface area contributed by atoms with Crippen LogP contribution < -0.4 is 0 Å². The minimum absolute atomic E-state index is 0.165. The third-order valence-corrected chi connectivity index (χ3v) is 3.53. The highest BCUT2D eigenvalue weighted by molar-refractivity contribution is 5.66. The molecule has 0 saturated carbocycles. The first-order valence-corrected chi connectivity index (χ1v) is 7.28. The first kappa shape index (κ1) is 17.7. The van der Waals surface area contributed by atoms with Gasteiger partial charge in [0, 0.05) is 6.42 Å². The monoisotopic (exact) mass is 265 g/mol. The normalized spacial score (nSPS) is 13.5. The zero-order chi connectivity index (χ0) is 14.6. The maximum absolute atomic E-state index is 10.5. The molecular weight excluding hydrogens is 238 g/mol. The fraction of sp³-hybridized carbons (Fsp3) is 0.750. The molecule has 3 heteroatoms. The lowest BCUT2D eigenvalue weighted by molar-refractivity contribution is -0.137. The van der Waals surface area contributed by atoms with Gasteiger partial charge in [-0.3, -0.25) is 4.79 Å². The maximum atomic E-state index is 10.5. The lowest BCUT2D eigenvalue weighted by Gasteiger charge is -2.20. The highest BCUT2D eigenvalue weighted by Crippen LogP contribution is 2.30. The smallest absolute Gasteiger partial charge is 0.303 e. The molecule has 0 radical (unpaired) electrons. The minimum Gasteiger partial charge on any atom is -0.481 e. The zero-order valence-electron chi connectivity index (χ0n) is 12.2. The number of aliphatic carboxylic acids is 1. The van der Waals surface area contributed by atoms with Crippen LogP contribution in [0.1, 0.15) is 71.1 Å². The predicted octanol–water partition coefficient (Wildman–Crippen LogP) is 4.69. The number of nitriles is 1. The molecule has 0 aliphatic heterocycles. The van der Waals surface area contributed by atoms with Crippen molar-refractivity contribution in [2.45, 2.75) is 71.1 Å². The summed E-state index contributed by atoms with van der Waals surface area (Å²) in [6, 6.07) is 2.36. The average Bonchev–Trinajstić information content (AvgIpc) is 2.37. The molecule has 0 aromatic heterocycles. The highest BCUT2D eigenvalue weighted by Gasteiger charge is 2.23. The van der Waals surface area contributed by atoms with Crippen LogP contribution >= 0.6 is 0 Å². The van der Waals surface area contributed by atoms with Gasteiger partial charge in [0.05, 0.1) is 11.5 Å². The maximum Gasteiger partial charge on any atom is 0.303 e. The number of nitrogens with zero attached hydrogens (tertiary/aromatic N) is 1. The molecule has 1 N–H and O–H groups in total. The second-order valence-electron chi connectivity index (χ2n) is 5.51. The van der Waals surface area contributed by atoms with E-state index in [0.29, 0.717) is 12.8 Å². The van der Waals surface area contributed by atoms with E-state index in [4.69, 9.17) is 5.11 Å². The van der Waals surface area contributed by atoms with Crippen molar-refractivity contribution in [1.82, 2.24) is 0 Å². The van der Waals surface area contributed by atoms with Gasteiger partial charge >= 0.3 is 5.97 Å². The van der Waals surface area contributed by atoms with Crippen LogP contribution in [0.3, 0.4) is 0 Å². The van der Waals surface area contributed by atoms with E-state index in [2.05, 4.69) is 12.6 Å². The zero-order valence-corrected chi connectivity index (χ0v) is 12.2. The predicted molar refractivity (Wildman–Crippen MR) is 77.7 cm³/mol. The number of rotatable bonds is 12. The number of carboxylic acids is 1. The fourth-order valence-electron chi connectivity index (χ4n) is 2.20. The molecule has 0 aliphatic carbocycles. The Bertz CT molecular complexity index is 306. The van der Waals surface area contributed by atoms with Crippen LogP contribution in [-0.2, 0) is 4.79 Å². The number of carboxylic acid groups (broad SMARTS) is 1. The first-order chi connectivity index (χ1) is 9.04. The first-order valence-electron chi connectivity index (χ1n) is 7.28. The Morgan fingerprint density at radius 2 is 1.79 bits per heavy atom. The Morgan fingerprint density at radius 1 is 1.21 bits per heavy atom. The number of unbranched alkanes of at least 4 members (excludes halogenated alkanes) is 5. The van der Waals surface area contributed by atoms with Gasteiger partial charge in [0.1, 0.15) is 0 Å².